The van der Waals surface area contributed by atoms with Crippen molar-refractivity contribution in [3.8, 4) is 6.07 Å². The minimum absolute atomic E-state index is 0.273. The molecule has 0 saturated heterocycles. The van der Waals surface area contributed by atoms with Gasteiger partial charge in [0.15, 0.2) is 0 Å². The number of anilines is 1. The molecule has 0 radical (unpaired) electrons. The van der Waals surface area contributed by atoms with Crippen molar-refractivity contribution in [2.24, 2.45) is 0 Å². The molecule has 0 bridgehead atoms. The highest BCUT2D eigenvalue weighted by Gasteiger charge is 2.09. The molecule has 1 unspecified atom stereocenters. The Balaban J connectivity index is 2.17. The molecular weight excluding hydrogens is 244 g/mol. The molecule has 2 aromatic rings. The van der Waals surface area contributed by atoms with Gasteiger partial charge in [-0.25, -0.2) is 0 Å². The molecule has 0 aromatic heterocycles. The Kier molecular flexibility index (Phi) is 4.79. The van der Waals surface area contributed by atoms with Crippen LogP contribution >= 0.6 is 0 Å². The topological polar surface area (TPSA) is 35.8 Å². The molecule has 0 saturated carbocycles. The molecule has 0 heterocycles. The first kappa shape index (κ1) is 14.1. The van der Waals surface area contributed by atoms with Crippen molar-refractivity contribution in [3.05, 3.63) is 65.2 Å². The average Bonchev–Trinajstić information content (AvgIpc) is 2.53. The van der Waals surface area contributed by atoms with Gasteiger partial charge in [0, 0.05) is 5.69 Å². The number of hydrogen-bond donors (Lipinski definition) is 1. The fourth-order valence-electron chi connectivity index (χ4n) is 2.29. The smallest absolute Gasteiger partial charge is 0.0992 e. The van der Waals surface area contributed by atoms with Gasteiger partial charge in [-0.05, 0) is 42.2 Å². The van der Waals surface area contributed by atoms with Gasteiger partial charge in [-0.2, -0.15) is 5.26 Å². The summed E-state index contributed by atoms with van der Waals surface area (Å²) >= 11 is 0. The van der Waals surface area contributed by atoms with Gasteiger partial charge in [-0.1, -0.05) is 44.2 Å². The van der Waals surface area contributed by atoms with Crippen LogP contribution in [-0.4, -0.2) is 0 Å². The predicted octanol–water partition coefficient (Wildman–Crippen LogP) is 4.68. The van der Waals surface area contributed by atoms with E-state index in [1.54, 1.807) is 0 Å². The summed E-state index contributed by atoms with van der Waals surface area (Å²) in [6, 6.07) is 18.8. The highest BCUT2D eigenvalue weighted by molar-refractivity contribution is 5.50. The highest BCUT2D eigenvalue weighted by Crippen LogP contribution is 2.23. The van der Waals surface area contributed by atoms with E-state index in [-0.39, 0.29) is 6.04 Å². The van der Waals surface area contributed by atoms with E-state index in [4.69, 9.17) is 5.26 Å². The maximum absolute atomic E-state index is 8.95. The second-order valence-corrected chi connectivity index (χ2v) is 4.89. The van der Waals surface area contributed by atoms with Crippen LogP contribution in [0.2, 0.25) is 0 Å². The number of rotatable bonds is 5. The van der Waals surface area contributed by atoms with Crippen molar-refractivity contribution < 1.29 is 0 Å². The first-order valence-corrected chi connectivity index (χ1v) is 7.12. The number of hydrogen-bond acceptors (Lipinski definition) is 2. The Morgan fingerprint density at radius 1 is 1.10 bits per heavy atom. The van der Waals surface area contributed by atoms with Crippen LogP contribution in [0.5, 0.6) is 0 Å². The highest BCUT2D eigenvalue weighted by atomic mass is 14.9. The molecule has 0 aliphatic rings. The molecule has 102 valence electrons. The van der Waals surface area contributed by atoms with Crippen LogP contribution in [-0.2, 0) is 6.42 Å². The lowest BCUT2D eigenvalue weighted by Gasteiger charge is -2.19. The van der Waals surface area contributed by atoms with Crippen molar-refractivity contribution in [2.45, 2.75) is 32.7 Å². The molecule has 1 atom stereocenters. The van der Waals surface area contributed by atoms with Gasteiger partial charge in [0.2, 0.25) is 0 Å². The molecule has 0 spiro atoms. The maximum atomic E-state index is 8.95. The predicted molar refractivity (Wildman–Crippen MR) is 83.6 cm³/mol. The monoisotopic (exact) mass is 264 g/mol. The Hall–Kier alpha value is -2.27. The standard InChI is InChI=1S/C18H20N2/c1-3-14-8-10-16(11-9-14)18(4-2)20-17-7-5-6-15(12-17)13-19/h5-12,18,20H,3-4H2,1-2H3. The molecule has 0 aliphatic heterocycles. The van der Waals surface area contributed by atoms with E-state index in [9.17, 15) is 0 Å². The van der Waals surface area contributed by atoms with Gasteiger partial charge >= 0.3 is 0 Å². The third-order valence-electron chi connectivity index (χ3n) is 3.53. The average molecular weight is 264 g/mol. The lowest BCUT2D eigenvalue weighted by Crippen LogP contribution is -2.09. The SMILES string of the molecule is CCc1ccc(C(CC)Nc2cccc(C#N)c2)cc1. The van der Waals surface area contributed by atoms with Gasteiger partial charge in [-0.3, -0.25) is 0 Å². The van der Waals surface area contributed by atoms with Crippen molar-refractivity contribution in [2.75, 3.05) is 5.32 Å². The summed E-state index contributed by atoms with van der Waals surface area (Å²) in [6.45, 7) is 4.33. The summed E-state index contributed by atoms with van der Waals surface area (Å²) in [5, 5.41) is 12.5. The van der Waals surface area contributed by atoms with Crippen LogP contribution in [0.4, 0.5) is 5.69 Å². The summed E-state index contributed by atoms with van der Waals surface area (Å²) in [5.74, 6) is 0. The summed E-state index contributed by atoms with van der Waals surface area (Å²) in [4.78, 5) is 0. The molecule has 2 heteroatoms. The molecule has 0 fully saturated rings. The molecule has 2 aromatic carbocycles. The van der Waals surface area contributed by atoms with Crippen LogP contribution in [0.15, 0.2) is 48.5 Å². The van der Waals surface area contributed by atoms with E-state index in [0.29, 0.717) is 5.56 Å². The lowest BCUT2D eigenvalue weighted by atomic mass is 10.0. The van der Waals surface area contributed by atoms with Crippen LogP contribution < -0.4 is 5.32 Å². The third kappa shape index (κ3) is 3.39. The first-order chi connectivity index (χ1) is 9.76. The summed E-state index contributed by atoms with van der Waals surface area (Å²) in [5.41, 5.74) is 4.32. The largest absolute Gasteiger partial charge is 0.378 e. The second-order valence-electron chi connectivity index (χ2n) is 4.89. The van der Waals surface area contributed by atoms with E-state index in [0.717, 1.165) is 18.5 Å². The summed E-state index contributed by atoms with van der Waals surface area (Å²) < 4.78 is 0. The van der Waals surface area contributed by atoms with Crippen molar-refractivity contribution in [3.63, 3.8) is 0 Å². The number of nitriles is 1. The van der Waals surface area contributed by atoms with Gasteiger partial charge in [-0.15, -0.1) is 0 Å². The normalized spacial score (nSPS) is 11.7. The number of aryl methyl sites for hydroxylation is 1. The van der Waals surface area contributed by atoms with E-state index in [1.807, 2.05) is 24.3 Å². The molecule has 0 amide bonds. The Morgan fingerprint density at radius 3 is 2.45 bits per heavy atom. The van der Waals surface area contributed by atoms with Gasteiger partial charge in [0.05, 0.1) is 17.7 Å². The zero-order valence-corrected chi connectivity index (χ0v) is 12.1. The van der Waals surface area contributed by atoms with Crippen LogP contribution in [0, 0.1) is 11.3 Å². The summed E-state index contributed by atoms with van der Waals surface area (Å²) in [6.07, 6.45) is 2.07. The minimum Gasteiger partial charge on any atom is -0.378 e. The minimum atomic E-state index is 0.273. The molecular formula is C18H20N2. The van der Waals surface area contributed by atoms with Crippen molar-refractivity contribution in [1.82, 2.24) is 0 Å². The number of nitrogens with one attached hydrogen (secondary N) is 1. The van der Waals surface area contributed by atoms with E-state index in [2.05, 4.69) is 49.5 Å². The first-order valence-electron chi connectivity index (χ1n) is 7.12. The van der Waals surface area contributed by atoms with E-state index in [1.165, 1.54) is 11.1 Å². The van der Waals surface area contributed by atoms with Crippen LogP contribution in [0.3, 0.4) is 0 Å². The lowest BCUT2D eigenvalue weighted by molar-refractivity contribution is 0.749. The van der Waals surface area contributed by atoms with Crippen LogP contribution in [0.25, 0.3) is 0 Å². The van der Waals surface area contributed by atoms with Crippen LogP contribution in [0.1, 0.15) is 43.0 Å². The van der Waals surface area contributed by atoms with Crippen molar-refractivity contribution >= 4 is 5.69 Å². The quantitative estimate of drug-likeness (QED) is 0.850. The van der Waals surface area contributed by atoms with Gasteiger partial charge in [0.25, 0.3) is 0 Å². The molecule has 0 aliphatic carbocycles. The maximum Gasteiger partial charge on any atom is 0.0992 e. The van der Waals surface area contributed by atoms with Gasteiger partial charge < -0.3 is 5.32 Å². The van der Waals surface area contributed by atoms with Gasteiger partial charge in [0.1, 0.15) is 0 Å². The molecule has 2 rings (SSSR count). The zero-order valence-electron chi connectivity index (χ0n) is 12.1. The number of nitrogens with zero attached hydrogens (tertiary/aromatic N) is 1. The third-order valence-corrected chi connectivity index (χ3v) is 3.53. The molecule has 20 heavy (non-hydrogen) atoms. The molecule has 1 N–H and O–H groups in total. The summed E-state index contributed by atoms with van der Waals surface area (Å²) in [7, 11) is 0. The fraction of sp³-hybridized carbons (Fsp3) is 0.278. The molecule has 2 nitrogen and oxygen atoms in total. The fourth-order valence-corrected chi connectivity index (χ4v) is 2.29. The Labute approximate surface area is 121 Å². The Morgan fingerprint density at radius 2 is 1.85 bits per heavy atom. The second kappa shape index (κ2) is 6.77. The Bertz CT molecular complexity index is 594. The number of benzene rings is 2. The van der Waals surface area contributed by atoms with Crippen molar-refractivity contribution in [1.29, 1.82) is 5.26 Å². The van der Waals surface area contributed by atoms with E-state index >= 15 is 0 Å². The zero-order chi connectivity index (χ0) is 14.4. The van der Waals surface area contributed by atoms with E-state index < -0.39 is 0 Å².